The summed E-state index contributed by atoms with van der Waals surface area (Å²) in [7, 11) is -3.11. The molecule has 0 radical (unpaired) electrons. The van der Waals surface area contributed by atoms with Crippen molar-refractivity contribution in [1.82, 2.24) is 10.2 Å². The highest BCUT2D eigenvalue weighted by Crippen LogP contribution is 2.24. The molecule has 0 aromatic heterocycles. The molecule has 110 valence electrons. The molecule has 1 saturated heterocycles. The van der Waals surface area contributed by atoms with Crippen molar-refractivity contribution in [3.8, 4) is 0 Å². The SMILES string of the molecule is O=S1(=O)CCN(CC2CCNCC2)Cc2ccccc21. The number of rotatable bonds is 2. The van der Waals surface area contributed by atoms with Crippen LogP contribution in [-0.4, -0.2) is 45.2 Å². The number of nitrogens with one attached hydrogen (secondary N) is 1. The molecule has 0 aliphatic carbocycles. The largest absolute Gasteiger partial charge is 0.317 e. The molecule has 2 aliphatic rings. The van der Waals surface area contributed by atoms with Gasteiger partial charge in [0.1, 0.15) is 0 Å². The Kier molecular flexibility index (Phi) is 4.10. The number of piperidine rings is 1. The molecule has 3 rings (SSSR count). The smallest absolute Gasteiger partial charge is 0.179 e. The first-order valence-electron chi connectivity index (χ1n) is 7.39. The Morgan fingerprint density at radius 3 is 2.75 bits per heavy atom. The molecule has 0 bridgehead atoms. The lowest BCUT2D eigenvalue weighted by atomic mass is 9.97. The van der Waals surface area contributed by atoms with Crippen LogP contribution in [0.1, 0.15) is 18.4 Å². The first kappa shape index (κ1) is 14.0. The average molecular weight is 294 g/mol. The van der Waals surface area contributed by atoms with Crippen molar-refractivity contribution in [2.24, 2.45) is 5.92 Å². The minimum absolute atomic E-state index is 0.245. The zero-order chi connectivity index (χ0) is 14.0. The van der Waals surface area contributed by atoms with Crippen LogP contribution in [0.25, 0.3) is 0 Å². The van der Waals surface area contributed by atoms with Crippen molar-refractivity contribution in [2.75, 3.05) is 31.9 Å². The molecule has 0 amide bonds. The Morgan fingerprint density at radius 2 is 1.95 bits per heavy atom. The van der Waals surface area contributed by atoms with E-state index in [-0.39, 0.29) is 5.75 Å². The standard InChI is InChI=1S/C15H22N2O2S/c18-20(19)10-9-17(11-13-5-7-16-8-6-13)12-14-3-1-2-4-15(14)20/h1-4,13,16H,5-12H2. The number of hydrogen-bond acceptors (Lipinski definition) is 4. The normalized spacial score (nSPS) is 24.0. The summed E-state index contributed by atoms with van der Waals surface area (Å²) in [4.78, 5) is 2.85. The van der Waals surface area contributed by atoms with Crippen LogP contribution < -0.4 is 5.32 Å². The van der Waals surface area contributed by atoms with Gasteiger partial charge in [0.2, 0.25) is 0 Å². The Morgan fingerprint density at radius 1 is 1.20 bits per heavy atom. The Hall–Kier alpha value is -0.910. The number of sulfone groups is 1. The van der Waals surface area contributed by atoms with Crippen molar-refractivity contribution < 1.29 is 8.42 Å². The van der Waals surface area contributed by atoms with E-state index in [1.54, 1.807) is 6.07 Å². The van der Waals surface area contributed by atoms with E-state index in [1.807, 2.05) is 18.2 Å². The predicted octanol–water partition coefficient (Wildman–Crippen LogP) is 1.28. The van der Waals surface area contributed by atoms with Gasteiger partial charge in [-0.25, -0.2) is 8.42 Å². The fraction of sp³-hybridized carbons (Fsp3) is 0.600. The van der Waals surface area contributed by atoms with Gasteiger partial charge in [-0.05, 0) is 43.5 Å². The molecule has 1 aromatic rings. The van der Waals surface area contributed by atoms with Gasteiger partial charge in [0, 0.05) is 19.6 Å². The second-order valence-corrected chi connectivity index (χ2v) is 7.93. The van der Waals surface area contributed by atoms with E-state index in [9.17, 15) is 8.42 Å². The lowest BCUT2D eigenvalue weighted by molar-refractivity contribution is 0.208. The summed E-state index contributed by atoms with van der Waals surface area (Å²) in [5, 5.41) is 3.38. The highest BCUT2D eigenvalue weighted by molar-refractivity contribution is 7.91. The van der Waals surface area contributed by atoms with Crippen molar-refractivity contribution in [3.05, 3.63) is 29.8 Å². The zero-order valence-corrected chi connectivity index (χ0v) is 12.5. The average Bonchev–Trinajstić information content (AvgIpc) is 2.58. The van der Waals surface area contributed by atoms with E-state index in [0.29, 0.717) is 17.4 Å². The zero-order valence-electron chi connectivity index (χ0n) is 11.7. The van der Waals surface area contributed by atoms with Crippen molar-refractivity contribution in [2.45, 2.75) is 24.3 Å². The van der Waals surface area contributed by atoms with Gasteiger partial charge in [-0.2, -0.15) is 0 Å². The highest BCUT2D eigenvalue weighted by Gasteiger charge is 2.26. The third-order valence-corrected chi connectivity index (χ3v) is 6.14. The summed E-state index contributed by atoms with van der Waals surface area (Å²) < 4.78 is 24.6. The van der Waals surface area contributed by atoms with Crippen molar-refractivity contribution >= 4 is 9.84 Å². The summed E-state index contributed by atoms with van der Waals surface area (Å²) in [6.45, 7) is 4.62. The molecule has 20 heavy (non-hydrogen) atoms. The summed E-state index contributed by atoms with van der Waals surface area (Å²) >= 11 is 0. The van der Waals surface area contributed by atoms with E-state index in [0.717, 1.165) is 31.7 Å². The minimum Gasteiger partial charge on any atom is -0.317 e. The Bertz CT molecular complexity index is 565. The maximum absolute atomic E-state index is 12.3. The van der Waals surface area contributed by atoms with E-state index < -0.39 is 9.84 Å². The third kappa shape index (κ3) is 3.05. The molecule has 1 fully saturated rings. The highest BCUT2D eigenvalue weighted by atomic mass is 32.2. The fourth-order valence-corrected chi connectivity index (χ4v) is 4.74. The predicted molar refractivity (Wildman–Crippen MR) is 79.4 cm³/mol. The quantitative estimate of drug-likeness (QED) is 0.892. The van der Waals surface area contributed by atoms with Crippen LogP contribution in [-0.2, 0) is 16.4 Å². The molecule has 4 nitrogen and oxygen atoms in total. The van der Waals surface area contributed by atoms with Gasteiger partial charge < -0.3 is 5.32 Å². The molecule has 0 saturated carbocycles. The monoisotopic (exact) mass is 294 g/mol. The topological polar surface area (TPSA) is 49.4 Å². The number of benzene rings is 1. The summed E-state index contributed by atoms with van der Waals surface area (Å²) in [6.07, 6.45) is 2.40. The summed E-state index contributed by atoms with van der Waals surface area (Å²) in [5.41, 5.74) is 0.957. The van der Waals surface area contributed by atoms with Gasteiger partial charge in [-0.3, -0.25) is 4.90 Å². The first-order chi connectivity index (χ1) is 9.65. The fourth-order valence-electron chi connectivity index (χ4n) is 3.20. The van der Waals surface area contributed by atoms with E-state index >= 15 is 0 Å². The second-order valence-electron chi connectivity index (χ2n) is 5.86. The van der Waals surface area contributed by atoms with Crippen LogP contribution in [0, 0.1) is 5.92 Å². The van der Waals surface area contributed by atoms with Gasteiger partial charge in [0.05, 0.1) is 10.6 Å². The molecule has 2 heterocycles. The van der Waals surface area contributed by atoms with E-state index in [2.05, 4.69) is 10.2 Å². The maximum Gasteiger partial charge on any atom is 0.179 e. The van der Waals surface area contributed by atoms with Crippen molar-refractivity contribution in [3.63, 3.8) is 0 Å². The van der Waals surface area contributed by atoms with E-state index in [1.165, 1.54) is 12.8 Å². The van der Waals surface area contributed by atoms with Crippen LogP contribution in [0.15, 0.2) is 29.2 Å². The molecule has 2 aliphatic heterocycles. The van der Waals surface area contributed by atoms with Crippen LogP contribution in [0.4, 0.5) is 0 Å². The molecular formula is C15H22N2O2S. The van der Waals surface area contributed by atoms with Crippen LogP contribution in [0.3, 0.4) is 0 Å². The number of hydrogen-bond donors (Lipinski definition) is 1. The molecule has 1 N–H and O–H groups in total. The van der Waals surface area contributed by atoms with Gasteiger partial charge >= 0.3 is 0 Å². The minimum atomic E-state index is -3.11. The Balaban J connectivity index is 1.77. The van der Waals surface area contributed by atoms with Gasteiger partial charge in [0.25, 0.3) is 0 Å². The number of nitrogens with zero attached hydrogens (tertiary/aromatic N) is 1. The van der Waals surface area contributed by atoms with Crippen LogP contribution in [0.2, 0.25) is 0 Å². The Labute approximate surface area is 121 Å². The summed E-state index contributed by atoms with van der Waals surface area (Å²) in [5.74, 6) is 0.943. The third-order valence-electron chi connectivity index (χ3n) is 4.35. The van der Waals surface area contributed by atoms with Crippen molar-refractivity contribution in [1.29, 1.82) is 0 Å². The van der Waals surface area contributed by atoms with Gasteiger partial charge in [-0.15, -0.1) is 0 Å². The molecule has 0 spiro atoms. The van der Waals surface area contributed by atoms with Crippen LogP contribution in [0.5, 0.6) is 0 Å². The molecular weight excluding hydrogens is 272 g/mol. The molecule has 5 heteroatoms. The second kappa shape index (κ2) is 5.84. The lowest BCUT2D eigenvalue weighted by Gasteiger charge is -2.29. The molecule has 1 aromatic carbocycles. The molecule has 0 unspecified atom stereocenters. The van der Waals surface area contributed by atoms with Crippen LogP contribution >= 0.6 is 0 Å². The lowest BCUT2D eigenvalue weighted by Crippen LogP contribution is -2.36. The summed E-state index contributed by atoms with van der Waals surface area (Å²) in [6, 6.07) is 7.45. The maximum atomic E-state index is 12.3. The van der Waals surface area contributed by atoms with Gasteiger partial charge in [0.15, 0.2) is 9.84 Å². The van der Waals surface area contributed by atoms with E-state index in [4.69, 9.17) is 0 Å². The van der Waals surface area contributed by atoms with Gasteiger partial charge in [-0.1, -0.05) is 18.2 Å². The molecule has 0 atom stereocenters. The number of fused-ring (bicyclic) bond motifs is 1. The first-order valence-corrected chi connectivity index (χ1v) is 9.04.